The van der Waals surface area contributed by atoms with Gasteiger partial charge in [-0.15, -0.1) is 0 Å². The zero-order valence-electron chi connectivity index (χ0n) is 17.1. The van der Waals surface area contributed by atoms with Gasteiger partial charge in [0.05, 0.1) is 17.6 Å². The molecule has 2 heterocycles. The molecule has 4 rings (SSSR count). The number of para-hydroxylation sites is 2. The van der Waals surface area contributed by atoms with Crippen LogP contribution in [0.1, 0.15) is 63.5 Å². The molecule has 1 saturated carbocycles. The van der Waals surface area contributed by atoms with Gasteiger partial charge < -0.3 is 14.8 Å². The Morgan fingerprint density at radius 2 is 1.96 bits per heavy atom. The number of aromatic nitrogens is 2. The average molecular weight is 383 g/mol. The van der Waals surface area contributed by atoms with Gasteiger partial charge in [0.2, 0.25) is 5.91 Å². The summed E-state index contributed by atoms with van der Waals surface area (Å²) in [5, 5.41) is 3.26. The van der Waals surface area contributed by atoms with Crippen molar-refractivity contribution in [3.05, 3.63) is 30.1 Å². The van der Waals surface area contributed by atoms with Crippen molar-refractivity contribution in [1.82, 2.24) is 19.8 Å². The van der Waals surface area contributed by atoms with Crippen molar-refractivity contribution in [2.45, 2.75) is 71.0 Å². The minimum absolute atomic E-state index is 0.0442. The third kappa shape index (κ3) is 3.09. The first-order chi connectivity index (χ1) is 13.4. The third-order valence-electron chi connectivity index (χ3n) is 6.44. The van der Waals surface area contributed by atoms with Crippen molar-refractivity contribution >= 4 is 22.8 Å². The topological polar surface area (TPSA) is 67.2 Å². The summed E-state index contributed by atoms with van der Waals surface area (Å²) < 4.78 is 1.92. The van der Waals surface area contributed by atoms with Gasteiger partial charge in [-0.1, -0.05) is 26.0 Å². The summed E-state index contributed by atoms with van der Waals surface area (Å²) in [6.45, 7) is 7.19. The number of carbonyl (C=O) groups excluding carboxylic acids is 2. The van der Waals surface area contributed by atoms with Crippen molar-refractivity contribution in [1.29, 1.82) is 0 Å². The van der Waals surface area contributed by atoms with E-state index in [-0.39, 0.29) is 17.9 Å². The van der Waals surface area contributed by atoms with Crippen molar-refractivity contribution < 1.29 is 9.59 Å². The minimum Gasteiger partial charge on any atom is -0.351 e. The van der Waals surface area contributed by atoms with Crippen molar-refractivity contribution in [3.63, 3.8) is 0 Å². The van der Waals surface area contributed by atoms with E-state index in [1.165, 1.54) is 0 Å². The molecule has 0 unspecified atom stereocenters. The standard InChI is InChI=1S/C22H30N4O2/c1-4-13-26-20(27)19-24-17-7-5-6-8-18(17)25(19)14-22(26,3)21(28)23-16-11-9-15(2)10-12-16/h5-8,15-16H,4,9-14H2,1-3H3,(H,23,28)/t15?,16?,22-/m1/s1. The molecule has 6 nitrogen and oxygen atoms in total. The molecule has 1 atom stereocenters. The first-order valence-electron chi connectivity index (χ1n) is 10.5. The Kier molecular flexibility index (Phi) is 4.89. The van der Waals surface area contributed by atoms with E-state index in [1.54, 1.807) is 4.90 Å². The number of amides is 2. The summed E-state index contributed by atoms with van der Waals surface area (Å²) >= 11 is 0. The Bertz CT molecular complexity index is 897. The highest BCUT2D eigenvalue weighted by molar-refractivity contribution is 6.01. The fourth-order valence-electron chi connectivity index (χ4n) is 4.65. The number of carbonyl (C=O) groups is 2. The number of benzene rings is 1. The van der Waals surface area contributed by atoms with Crippen LogP contribution in [0.3, 0.4) is 0 Å². The van der Waals surface area contributed by atoms with Crippen molar-refractivity contribution in [2.75, 3.05) is 6.54 Å². The minimum atomic E-state index is -0.910. The van der Waals surface area contributed by atoms with Crippen molar-refractivity contribution in [2.24, 2.45) is 5.92 Å². The van der Waals surface area contributed by atoms with E-state index >= 15 is 0 Å². The summed E-state index contributed by atoms with van der Waals surface area (Å²) in [4.78, 5) is 33.0. The predicted octanol–water partition coefficient (Wildman–Crippen LogP) is 3.36. The lowest BCUT2D eigenvalue weighted by molar-refractivity contribution is -0.133. The van der Waals surface area contributed by atoms with E-state index in [4.69, 9.17) is 0 Å². The highest BCUT2D eigenvalue weighted by Crippen LogP contribution is 2.31. The fraction of sp³-hybridized carbons (Fsp3) is 0.591. The van der Waals surface area contributed by atoms with Gasteiger partial charge in [-0.2, -0.15) is 0 Å². The zero-order valence-corrected chi connectivity index (χ0v) is 17.1. The summed E-state index contributed by atoms with van der Waals surface area (Å²) in [5.41, 5.74) is 0.799. The molecule has 6 heteroatoms. The molecule has 1 aliphatic heterocycles. The van der Waals surface area contributed by atoms with Crippen LogP contribution < -0.4 is 5.32 Å². The Hall–Kier alpha value is -2.37. The van der Waals surface area contributed by atoms with Gasteiger partial charge in [-0.05, 0) is 57.1 Å². The molecule has 1 aromatic carbocycles. The predicted molar refractivity (Wildman–Crippen MR) is 109 cm³/mol. The van der Waals surface area contributed by atoms with Gasteiger partial charge in [0.25, 0.3) is 5.91 Å². The van der Waals surface area contributed by atoms with E-state index in [1.807, 2.05) is 42.7 Å². The van der Waals surface area contributed by atoms with Crippen LogP contribution in [-0.2, 0) is 11.3 Å². The second kappa shape index (κ2) is 7.22. The van der Waals surface area contributed by atoms with E-state index in [2.05, 4.69) is 17.2 Å². The third-order valence-corrected chi connectivity index (χ3v) is 6.44. The number of hydrogen-bond acceptors (Lipinski definition) is 3. The smallest absolute Gasteiger partial charge is 0.290 e. The average Bonchev–Trinajstić information content (AvgIpc) is 3.05. The van der Waals surface area contributed by atoms with Crippen LogP contribution in [0.2, 0.25) is 0 Å². The molecule has 2 aliphatic rings. The molecule has 0 bridgehead atoms. The molecule has 28 heavy (non-hydrogen) atoms. The Morgan fingerprint density at radius 1 is 1.25 bits per heavy atom. The van der Waals surface area contributed by atoms with Crippen LogP contribution in [0.4, 0.5) is 0 Å². The Balaban J connectivity index is 1.67. The SMILES string of the molecule is CCCN1C(=O)c2nc3ccccc3n2C[C@]1(C)C(=O)NC1CCC(C)CC1. The number of fused-ring (bicyclic) bond motifs is 3. The number of imidazole rings is 1. The summed E-state index contributed by atoms with van der Waals surface area (Å²) in [6.07, 6.45) is 5.13. The van der Waals surface area contributed by atoms with Crippen LogP contribution >= 0.6 is 0 Å². The first-order valence-corrected chi connectivity index (χ1v) is 10.5. The maximum Gasteiger partial charge on any atom is 0.290 e. The van der Waals surface area contributed by atoms with Gasteiger partial charge in [0, 0.05) is 12.6 Å². The molecule has 1 aromatic heterocycles. The largest absolute Gasteiger partial charge is 0.351 e. The summed E-state index contributed by atoms with van der Waals surface area (Å²) in [7, 11) is 0. The number of hydrogen-bond donors (Lipinski definition) is 1. The second-order valence-corrected chi connectivity index (χ2v) is 8.67. The van der Waals surface area contributed by atoms with Crippen LogP contribution in [0, 0.1) is 5.92 Å². The van der Waals surface area contributed by atoms with Crippen LogP contribution in [-0.4, -0.2) is 44.4 Å². The quantitative estimate of drug-likeness (QED) is 0.882. The Labute approximate surface area is 166 Å². The van der Waals surface area contributed by atoms with Crippen molar-refractivity contribution in [3.8, 4) is 0 Å². The molecule has 1 N–H and O–H groups in total. The van der Waals surface area contributed by atoms with E-state index in [0.717, 1.165) is 49.1 Å². The van der Waals surface area contributed by atoms with E-state index < -0.39 is 5.54 Å². The summed E-state index contributed by atoms with van der Waals surface area (Å²) in [6, 6.07) is 7.96. The lowest BCUT2D eigenvalue weighted by Crippen LogP contribution is -2.65. The van der Waals surface area contributed by atoms with Gasteiger partial charge in [-0.3, -0.25) is 9.59 Å². The molecule has 150 valence electrons. The van der Waals surface area contributed by atoms with Gasteiger partial charge >= 0.3 is 0 Å². The second-order valence-electron chi connectivity index (χ2n) is 8.67. The normalized spacial score (nSPS) is 27.7. The molecule has 2 aromatic rings. The maximum atomic E-state index is 13.4. The lowest BCUT2D eigenvalue weighted by atomic mass is 9.86. The molecular weight excluding hydrogens is 352 g/mol. The fourth-order valence-corrected chi connectivity index (χ4v) is 4.65. The number of rotatable bonds is 4. The van der Waals surface area contributed by atoms with Gasteiger partial charge in [-0.25, -0.2) is 4.98 Å². The van der Waals surface area contributed by atoms with Gasteiger partial charge in [0.15, 0.2) is 5.82 Å². The van der Waals surface area contributed by atoms with Crippen LogP contribution in [0.5, 0.6) is 0 Å². The first kappa shape index (κ1) is 19.0. The zero-order chi connectivity index (χ0) is 19.9. The van der Waals surface area contributed by atoms with E-state index in [0.29, 0.717) is 18.9 Å². The molecule has 1 aliphatic carbocycles. The van der Waals surface area contributed by atoms with E-state index in [9.17, 15) is 9.59 Å². The number of nitrogens with one attached hydrogen (secondary N) is 1. The highest BCUT2D eigenvalue weighted by Gasteiger charge is 2.48. The molecule has 0 saturated heterocycles. The molecule has 1 fully saturated rings. The molecule has 0 spiro atoms. The maximum absolute atomic E-state index is 13.4. The number of nitrogens with zero attached hydrogens (tertiary/aromatic N) is 3. The molecule has 2 amide bonds. The highest BCUT2D eigenvalue weighted by atomic mass is 16.2. The lowest BCUT2D eigenvalue weighted by Gasteiger charge is -2.44. The molecule has 0 radical (unpaired) electrons. The van der Waals surface area contributed by atoms with Crippen LogP contribution in [0.15, 0.2) is 24.3 Å². The monoisotopic (exact) mass is 382 g/mol. The Morgan fingerprint density at radius 3 is 2.68 bits per heavy atom. The van der Waals surface area contributed by atoms with Gasteiger partial charge in [0.1, 0.15) is 5.54 Å². The summed E-state index contributed by atoms with van der Waals surface area (Å²) in [5.74, 6) is 0.972. The molecular formula is C22H30N4O2. The van der Waals surface area contributed by atoms with Crippen LogP contribution in [0.25, 0.3) is 11.0 Å².